The number of aliphatic hydroxyl groups is 1. The molecule has 1 aromatic rings. The van der Waals surface area contributed by atoms with Gasteiger partial charge in [0, 0.05) is 4.88 Å². The van der Waals surface area contributed by atoms with Crippen molar-refractivity contribution in [2.45, 2.75) is 25.9 Å². The van der Waals surface area contributed by atoms with Gasteiger partial charge < -0.3 is 10.4 Å². The molecule has 1 heterocycles. The fraction of sp³-hybridized carbons (Fsp3) is 0.600. The third kappa shape index (κ3) is 5.03. The van der Waals surface area contributed by atoms with E-state index in [1.165, 1.54) is 4.88 Å². The molecule has 74 valence electrons. The summed E-state index contributed by atoms with van der Waals surface area (Å²) in [6.45, 7) is 3.73. The summed E-state index contributed by atoms with van der Waals surface area (Å²) in [7, 11) is 0. The van der Waals surface area contributed by atoms with Crippen molar-refractivity contribution in [2.24, 2.45) is 0 Å². The van der Waals surface area contributed by atoms with Crippen molar-refractivity contribution in [2.75, 3.05) is 13.1 Å². The summed E-state index contributed by atoms with van der Waals surface area (Å²) in [6, 6.07) is 4.23. The second-order valence-corrected chi connectivity index (χ2v) is 4.25. The molecular weight excluding hydrogens is 182 g/mol. The SMILES string of the molecule is CC(O)CCNCCc1cccs1. The van der Waals surface area contributed by atoms with E-state index in [0.717, 1.165) is 25.9 Å². The van der Waals surface area contributed by atoms with Crippen LogP contribution in [0, 0.1) is 0 Å². The van der Waals surface area contributed by atoms with Crippen molar-refractivity contribution in [1.82, 2.24) is 5.32 Å². The highest BCUT2D eigenvalue weighted by molar-refractivity contribution is 7.09. The minimum absolute atomic E-state index is 0.186. The van der Waals surface area contributed by atoms with E-state index in [1.54, 1.807) is 11.3 Å². The second kappa shape index (κ2) is 6.13. The van der Waals surface area contributed by atoms with E-state index >= 15 is 0 Å². The first-order chi connectivity index (χ1) is 6.29. The third-order valence-corrected chi connectivity index (χ3v) is 2.80. The van der Waals surface area contributed by atoms with Gasteiger partial charge in [0.25, 0.3) is 0 Å². The van der Waals surface area contributed by atoms with Gasteiger partial charge in [0.2, 0.25) is 0 Å². The van der Waals surface area contributed by atoms with Crippen molar-refractivity contribution in [3.05, 3.63) is 22.4 Å². The van der Waals surface area contributed by atoms with Crippen LogP contribution in [0.2, 0.25) is 0 Å². The number of hydrogen-bond donors (Lipinski definition) is 2. The van der Waals surface area contributed by atoms with Crippen LogP contribution in [0.3, 0.4) is 0 Å². The Labute approximate surface area is 83.6 Å². The van der Waals surface area contributed by atoms with E-state index < -0.39 is 0 Å². The number of aliphatic hydroxyl groups excluding tert-OH is 1. The van der Waals surface area contributed by atoms with Gasteiger partial charge in [-0.05, 0) is 44.3 Å². The number of thiophene rings is 1. The summed E-state index contributed by atoms with van der Waals surface area (Å²) in [4.78, 5) is 1.42. The van der Waals surface area contributed by atoms with Crippen LogP contribution in [-0.4, -0.2) is 24.3 Å². The smallest absolute Gasteiger partial charge is 0.0524 e. The maximum absolute atomic E-state index is 9.00. The standard InChI is InChI=1S/C10H17NOS/c1-9(12)4-6-11-7-5-10-3-2-8-13-10/h2-3,8-9,11-12H,4-7H2,1H3. The molecule has 1 atom stereocenters. The summed E-state index contributed by atoms with van der Waals surface area (Å²) >= 11 is 1.80. The molecule has 1 unspecified atom stereocenters. The Hall–Kier alpha value is -0.380. The van der Waals surface area contributed by atoms with E-state index in [1.807, 2.05) is 6.92 Å². The third-order valence-electron chi connectivity index (χ3n) is 1.87. The Bertz CT molecular complexity index is 209. The Balaban J connectivity index is 1.96. The molecule has 0 aliphatic carbocycles. The van der Waals surface area contributed by atoms with Crippen LogP contribution >= 0.6 is 11.3 Å². The highest BCUT2D eigenvalue weighted by Crippen LogP contribution is 2.07. The fourth-order valence-corrected chi connectivity index (χ4v) is 1.81. The molecule has 2 nitrogen and oxygen atoms in total. The molecule has 0 aliphatic rings. The van der Waals surface area contributed by atoms with Gasteiger partial charge in [0.05, 0.1) is 6.10 Å². The normalized spacial score (nSPS) is 13.1. The van der Waals surface area contributed by atoms with Gasteiger partial charge in [-0.15, -0.1) is 11.3 Å². The monoisotopic (exact) mass is 199 g/mol. The molecule has 0 spiro atoms. The van der Waals surface area contributed by atoms with E-state index in [9.17, 15) is 0 Å². The van der Waals surface area contributed by atoms with Crippen LogP contribution in [0.4, 0.5) is 0 Å². The molecule has 0 saturated carbocycles. The van der Waals surface area contributed by atoms with Gasteiger partial charge in [-0.2, -0.15) is 0 Å². The first kappa shape index (κ1) is 10.7. The molecule has 3 heteroatoms. The number of rotatable bonds is 6. The van der Waals surface area contributed by atoms with Crippen LogP contribution in [0.5, 0.6) is 0 Å². The zero-order valence-electron chi connectivity index (χ0n) is 7.99. The molecule has 2 N–H and O–H groups in total. The molecule has 0 fully saturated rings. The van der Waals surface area contributed by atoms with Gasteiger partial charge >= 0.3 is 0 Å². The predicted octanol–water partition coefficient (Wildman–Crippen LogP) is 1.65. The van der Waals surface area contributed by atoms with Crippen molar-refractivity contribution < 1.29 is 5.11 Å². The maximum Gasteiger partial charge on any atom is 0.0524 e. The quantitative estimate of drug-likeness (QED) is 0.683. The maximum atomic E-state index is 9.00. The predicted molar refractivity (Wildman–Crippen MR) is 57.2 cm³/mol. The van der Waals surface area contributed by atoms with E-state index in [4.69, 9.17) is 5.11 Å². The van der Waals surface area contributed by atoms with E-state index in [-0.39, 0.29) is 6.10 Å². The molecule has 0 aliphatic heterocycles. The highest BCUT2D eigenvalue weighted by Gasteiger charge is 1.95. The van der Waals surface area contributed by atoms with Crippen molar-refractivity contribution >= 4 is 11.3 Å². The van der Waals surface area contributed by atoms with Gasteiger partial charge in [-0.3, -0.25) is 0 Å². The lowest BCUT2D eigenvalue weighted by Gasteiger charge is -2.05. The second-order valence-electron chi connectivity index (χ2n) is 3.22. The average Bonchev–Trinajstić information content (AvgIpc) is 2.55. The van der Waals surface area contributed by atoms with E-state index in [0.29, 0.717) is 0 Å². The van der Waals surface area contributed by atoms with Crippen LogP contribution in [0.25, 0.3) is 0 Å². The van der Waals surface area contributed by atoms with Crippen LogP contribution in [0.1, 0.15) is 18.2 Å². The summed E-state index contributed by atoms with van der Waals surface area (Å²) in [5.74, 6) is 0. The molecule has 0 saturated heterocycles. The van der Waals surface area contributed by atoms with Crippen LogP contribution in [0.15, 0.2) is 17.5 Å². The molecule has 0 aromatic carbocycles. The Kier molecular flexibility index (Phi) is 5.05. The van der Waals surface area contributed by atoms with Crippen LogP contribution < -0.4 is 5.32 Å². The largest absolute Gasteiger partial charge is 0.393 e. The minimum atomic E-state index is -0.186. The summed E-state index contributed by atoms with van der Waals surface area (Å²) in [6.07, 6.45) is 1.75. The van der Waals surface area contributed by atoms with Gasteiger partial charge in [0.15, 0.2) is 0 Å². The van der Waals surface area contributed by atoms with Crippen molar-refractivity contribution in [3.8, 4) is 0 Å². The zero-order valence-corrected chi connectivity index (χ0v) is 8.81. The molecule has 1 rings (SSSR count). The first-order valence-corrected chi connectivity index (χ1v) is 5.58. The molecule has 1 aromatic heterocycles. The van der Waals surface area contributed by atoms with Gasteiger partial charge in [-0.1, -0.05) is 6.07 Å². The Morgan fingerprint density at radius 2 is 2.38 bits per heavy atom. The Morgan fingerprint density at radius 3 is 3.00 bits per heavy atom. The summed E-state index contributed by atoms with van der Waals surface area (Å²) in [5.41, 5.74) is 0. The molecule has 13 heavy (non-hydrogen) atoms. The van der Waals surface area contributed by atoms with Gasteiger partial charge in [-0.25, -0.2) is 0 Å². The van der Waals surface area contributed by atoms with Gasteiger partial charge in [0.1, 0.15) is 0 Å². The number of hydrogen-bond acceptors (Lipinski definition) is 3. The minimum Gasteiger partial charge on any atom is -0.393 e. The summed E-state index contributed by atoms with van der Waals surface area (Å²) < 4.78 is 0. The lowest BCUT2D eigenvalue weighted by atomic mass is 10.3. The lowest BCUT2D eigenvalue weighted by molar-refractivity contribution is 0.184. The van der Waals surface area contributed by atoms with Crippen molar-refractivity contribution in [1.29, 1.82) is 0 Å². The molecule has 0 bridgehead atoms. The lowest BCUT2D eigenvalue weighted by Crippen LogP contribution is -2.21. The van der Waals surface area contributed by atoms with Crippen molar-refractivity contribution in [3.63, 3.8) is 0 Å². The first-order valence-electron chi connectivity index (χ1n) is 4.70. The average molecular weight is 199 g/mol. The molecular formula is C10H17NOS. The molecule has 0 radical (unpaired) electrons. The Morgan fingerprint density at radius 1 is 1.54 bits per heavy atom. The molecule has 0 amide bonds. The van der Waals surface area contributed by atoms with Crippen LogP contribution in [-0.2, 0) is 6.42 Å². The topological polar surface area (TPSA) is 32.3 Å². The fourth-order valence-electron chi connectivity index (χ4n) is 1.10. The van der Waals surface area contributed by atoms with E-state index in [2.05, 4.69) is 22.8 Å². The highest BCUT2D eigenvalue weighted by atomic mass is 32.1. The number of nitrogens with one attached hydrogen (secondary N) is 1. The zero-order chi connectivity index (χ0) is 9.52. The summed E-state index contributed by atoms with van der Waals surface area (Å²) in [5, 5.41) is 14.4.